The third-order valence-electron chi connectivity index (χ3n) is 3.01. The number of ketones is 1. The minimum Gasteiger partial charge on any atom is -0.294 e. The highest BCUT2D eigenvalue weighted by atomic mass is 19.1. The Kier molecular flexibility index (Phi) is 3.74. The van der Waals surface area contributed by atoms with Gasteiger partial charge in [0, 0.05) is 6.42 Å². The zero-order valence-electron chi connectivity index (χ0n) is 10.8. The van der Waals surface area contributed by atoms with Gasteiger partial charge in [0.2, 0.25) is 0 Å². The number of benzene rings is 2. The Bertz CT molecular complexity index is 633. The van der Waals surface area contributed by atoms with Gasteiger partial charge in [0.25, 0.3) is 0 Å². The van der Waals surface area contributed by atoms with E-state index in [1.54, 1.807) is 6.07 Å². The van der Waals surface area contributed by atoms with Crippen molar-refractivity contribution in [3.05, 3.63) is 70.3 Å². The molecule has 98 valence electrons. The van der Waals surface area contributed by atoms with E-state index in [0.717, 1.165) is 17.2 Å². The van der Waals surface area contributed by atoms with Gasteiger partial charge in [0.15, 0.2) is 5.78 Å². The van der Waals surface area contributed by atoms with Crippen molar-refractivity contribution in [3.8, 4) is 0 Å². The van der Waals surface area contributed by atoms with E-state index in [2.05, 4.69) is 0 Å². The van der Waals surface area contributed by atoms with Gasteiger partial charge in [0.1, 0.15) is 11.6 Å². The number of hydrogen-bond donors (Lipinski definition) is 0. The molecule has 19 heavy (non-hydrogen) atoms. The lowest BCUT2D eigenvalue weighted by Gasteiger charge is -2.07. The summed E-state index contributed by atoms with van der Waals surface area (Å²) in [6.45, 7) is 3.42. The lowest BCUT2D eigenvalue weighted by atomic mass is 9.99. The lowest BCUT2D eigenvalue weighted by Crippen LogP contribution is -2.10. The predicted molar refractivity (Wildman–Crippen MR) is 70.3 cm³/mol. The van der Waals surface area contributed by atoms with Crippen LogP contribution in [0.3, 0.4) is 0 Å². The second kappa shape index (κ2) is 5.31. The predicted octanol–water partition coefficient (Wildman–Crippen LogP) is 4.01. The van der Waals surface area contributed by atoms with Crippen molar-refractivity contribution in [2.75, 3.05) is 0 Å². The van der Waals surface area contributed by atoms with Crippen LogP contribution in [0, 0.1) is 25.5 Å². The van der Waals surface area contributed by atoms with Crippen LogP contribution in [-0.2, 0) is 6.42 Å². The Morgan fingerprint density at radius 3 is 2.53 bits per heavy atom. The Hall–Kier alpha value is -2.03. The van der Waals surface area contributed by atoms with Crippen molar-refractivity contribution in [1.29, 1.82) is 0 Å². The average molecular weight is 260 g/mol. The van der Waals surface area contributed by atoms with Gasteiger partial charge in [-0.05, 0) is 31.0 Å². The summed E-state index contributed by atoms with van der Waals surface area (Å²) in [4.78, 5) is 12.0. The maximum Gasteiger partial charge on any atom is 0.173 e. The van der Waals surface area contributed by atoms with Crippen LogP contribution >= 0.6 is 0 Å². The van der Waals surface area contributed by atoms with Gasteiger partial charge in [-0.1, -0.05) is 35.9 Å². The summed E-state index contributed by atoms with van der Waals surface area (Å²) >= 11 is 0. The molecule has 0 fully saturated rings. The van der Waals surface area contributed by atoms with Gasteiger partial charge >= 0.3 is 0 Å². The summed E-state index contributed by atoms with van der Waals surface area (Å²) in [5, 5.41) is 0. The maximum atomic E-state index is 13.8. The minimum atomic E-state index is -0.805. The van der Waals surface area contributed by atoms with Gasteiger partial charge in [-0.3, -0.25) is 4.79 Å². The fourth-order valence-corrected chi connectivity index (χ4v) is 2.01. The molecule has 0 bridgehead atoms. The Morgan fingerprint density at radius 1 is 1.11 bits per heavy atom. The van der Waals surface area contributed by atoms with Crippen molar-refractivity contribution in [2.24, 2.45) is 0 Å². The first-order valence-electron chi connectivity index (χ1n) is 6.02. The van der Waals surface area contributed by atoms with Crippen LogP contribution in [0.25, 0.3) is 0 Å². The number of carbonyl (C=O) groups is 1. The van der Waals surface area contributed by atoms with Crippen LogP contribution in [0.2, 0.25) is 0 Å². The highest BCUT2D eigenvalue weighted by Crippen LogP contribution is 2.19. The van der Waals surface area contributed by atoms with E-state index >= 15 is 0 Å². The smallest absolute Gasteiger partial charge is 0.173 e. The molecule has 0 spiro atoms. The number of rotatable bonds is 3. The molecule has 0 aliphatic rings. The van der Waals surface area contributed by atoms with Gasteiger partial charge in [-0.2, -0.15) is 0 Å². The van der Waals surface area contributed by atoms with E-state index < -0.39 is 23.0 Å². The Balaban J connectivity index is 2.33. The molecular formula is C16H14F2O. The number of hydrogen-bond acceptors (Lipinski definition) is 1. The van der Waals surface area contributed by atoms with Crippen LogP contribution in [0.5, 0.6) is 0 Å². The van der Waals surface area contributed by atoms with Crippen LogP contribution in [0.4, 0.5) is 8.78 Å². The molecule has 0 radical (unpaired) electrons. The molecule has 2 rings (SSSR count). The largest absolute Gasteiger partial charge is 0.294 e. The average Bonchev–Trinajstić information content (AvgIpc) is 2.34. The molecule has 0 saturated carbocycles. The molecule has 2 aromatic carbocycles. The molecule has 0 atom stereocenters. The summed E-state index contributed by atoms with van der Waals surface area (Å²) < 4.78 is 27.4. The second-order valence-corrected chi connectivity index (χ2v) is 4.64. The fourth-order valence-electron chi connectivity index (χ4n) is 2.01. The van der Waals surface area contributed by atoms with Gasteiger partial charge in [0.05, 0.1) is 5.56 Å². The van der Waals surface area contributed by atoms with E-state index in [9.17, 15) is 13.6 Å². The maximum absolute atomic E-state index is 13.8. The molecule has 2 aromatic rings. The SMILES string of the molecule is Cc1cccc(CC(=O)c2c(F)ccc(C)c2F)c1. The first kappa shape index (κ1) is 13.4. The van der Waals surface area contributed by atoms with Crippen molar-refractivity contribution in [1.82, 2.24) is 0 Å². The van der Waals surface area contributed by atoms with Gasteiger partial charge in [-0.15, -0.1) is 0 Å². The standard InChI is InChI=1S/C16H14F2O/c1-10-4-3-5-12(8-10)9-14(19)15-13(17)7-6-11(2)16(15)18/h3-8H,9H2,1-2H3. The van der Waals surface area contributed by atoms with Crippen LogP contribution in [0.1, 0.15) is 27.0 Å². The van der Waals surface area contributed by atoms with E-state index in [1.165, 1.54) is 13.0 Å². The quantitative estimate of drug-likeness (QED) is 0.762. The Labute approximate surface area is 110 Å². The molecule has 0 aliphatic carbocycles. The highest BCUT2D eigenvalue weighted by molar-refractivity contribution is 5.98. The minimum absolute atomic E-state index is 0.00102. The molecule has 0 unspecified atom stereocenters. The highest BCUT2D eigenvalue weighted by Gasteiger charge is 2.19. The van der Waals surface area contributed by atoms with Crippen LogP contribution < -0.4 is 0 Å². The molecule has 0 aromatic heterocycles. The first-order valence-corrected chi connectivity index (χ1v) is 6.02. The van der Waals surface area contributed by atoms with Crippen molar-refractivity contribution in [3.63, 3.8) is 0 Å². The number of halogens is 2. The molecule has 0 N–H and O–H groups in total. The lowest BCUT2D eigenvalue weighted by molar-refractivity contribution is 0.0984. The summed E-state index contributed by atoms with van der Waals surface area (Å²) in [6, 6.07) is 9.79. The fraction of sp³-hybridized carbons (Fsp3) is 0.188. The Morgan fingerprint density at radius 2 is 1.84 bits per heavy atom. The second-order valence-electron chi connectivity index (χ2n) is 4.64. The van der Waals surface area contributed by atoms with E-state index in [0.29, 0.717) is 0 Å². The topological polar surface area (TPSA) is 17.1 Å². The zero-order valence-corrected chi connectivity index (χ0v) is 10.8. The molecule has 1 nitrogen and oxygen atoms in total. The summed E-state index contributed by atoms with van der Waals surface area (Å²) in [6.07, 6.45) is -0.00102. The monoisotopic (exact) mass is 260 g/mol. The molecule has 3 heteroatoms. The van der Waals surface area contributed by atoms with Crippen LogP contribution in [0.15, 0.2) is 36.4 Å². The third-order valence-corrected chi connectivity index (χ3v) is 3.01. The molecule has 0 aliphatic heterocycles. The first-order chi connectivity index (χ1) is 8.99. The van der Waals surface area contributed by atoms with E-state index in [-0.39, 0.29) is 12.0 Å². The van der Waals surface area contributed by atoms with Gasteiger partial charge in [-0.25, -0.2) is 8.78 Å². The van der Waals surface area contributed by atoms with E-state index in [4.69, 9.17) is 0 Å². The third kappa shape index (κ3) is 2.87. The zero-order chi connectivity index (χ0) is 14.0. The number of carbonyl (C=O) groups excluding carboxylic acids is 1. The summed E-state index contributed by atoms with van der Waals surface area (Å²) in [5.74, 6) is -2.11. The van der Waals surface area contributed by atoms with E-state index in [1.807, 2.05) is 25.1 Å². The number of aryl methyl sites for hydroxylation is 2. The number of Topliss-reactive ketones (excluding diaryl/α,β-unsaturated/α-hetero) is 1. The van der Waals surface area contributed by atoms with Crippen molar-refractivity contribution >= 4 is 5.78 Å². The normalized spacial score (nSPS) is 10.5. The summed E-state index contributed by atoms with van der Waals surface area (Å²) in [7, 11) is 0. The molecule has 0 saturated heterocycles. The summed E-state index contributed by atoms with van der Waals surface area (Å²) in [5.41, 5.74) is 1.59. The molecule has 0 heterocycles. The van der Waals surface area contributed by atoms with Crippen LogP contribution in [-0.4, -0.2) is 5.78 Å². The van der Waals surface area contributed by atoms with Crippen molar-refractivity contribution in [2.45, 2.75) is 20.3 Å². The van der Waals surface area contributed by atoms with Crippen molar-refractivity contribution < 1.29 is 13.6 Å². The molecular weight excluding hydrogens is 246 g/mol. The molecule has 0 amide bonds. The van der Waals surface area contributed by atoms with Gasteiger partial charge < -0.3 is 0 Å².